The number of hydrogen-bond acceptors (Lipinski definition) is 13. The van der Waals surface area contributed by atoms with Crippen molar-refractivity contribution >= 4 is 153 Å². The Morgan fingerprint density at radius 1 is 0.545 bits per heavy atom. The van der Waals surface area contributed by atoms with Gasteiger partial charge in [0.15, 0.2) is 5.75 Å². The third kappa shape index (κ3) is 10.3. The molecule has 0 aliphatic rings. The predicted octanol–water partition coefficient (Wildman–Crippen LogP) is 9.78. The first-order valence-electron chi connectivity index (χ1n) is 14.9. The number of aromatic hydroxyl groups is 2. The summed E-state index contributed by atoms with van der Waals surface area (Å²) in [5.74, 6) is -0.787. The fourth-order valence-corrected chi connectivity index (χ4v) is 6.61. The second-order valence-electron chi connectivity index (χ2n) is 11.1. The van der Waals surface area contributed by atoms with Crippen LogP contribution < -0.4 is 5.73 Å². The van der Waals surface area contributed by atoms with Crippen LogP contribution in [0.3, 0.4) is 0 Å². The van der Waals surface area contributed by atoms with Crippen molar-refractivity contribution < 1.29 is 36.2 Å². The number of fused-ring (bicyclic) bond motifs is 1. The SMILES string of the molecule is Nc1cc(S(=O)(=O)O)c(N=Nc2cc(Cl)ccc2Cl)c2cc(S(=O)(=O)O)c(N=Nc3ccc(-c4ccc(N=Nc5ccc(O)cc5)cc4)cc3)c(O)c12.[Na].[Na]. The molecule has 0 unspecified atom stereocenters. The summed E-state index contributed by atoms with van der Waals surface area (Å²) in [5, 5.41) is 44.2. The van der Waals surface area contributed by atoms with E-state index >= 15 is 0 Å². The number of phenols is 2. The molecule has 0 aliphatic heterocycles. The number of nitrogen functional groups attached to an aromatic ring is 1. The fraction of sp³-hybridized carbons (Fsp3) is 0. The van der Waals surface area contributed by atoms with Gasteiger partial charge in [-0.25, -0.2) is 0 Å². The van der Waals surface area contributed by atoms with E-state index in [0.717, 1.165) is 23.3 Å². The number of benzene rings is 6. The minimum Gasteiger partial charge on any atom is -0.508 e. The van der Waals surface area contributed by atoms with Crippen LogP contribution in [-0.4, -0.2) is 95.3 Å². The largest absolute Gasteiger partial charge is 0.508 e. The molecule has 0 aliphatic carbocycles. The summed E-state index contributed by atoms with van der Waals surface area (Å²) in [6, 6.07) is 25.7. The van der Waals surface area contributed by atoms with Crippen molar-refractivity contribution in [2.75, 3.05) is 5.73 Å². The number of rotatable bonds is 9. The first-order chi connectivity index (χ1) is 25.1. The van der Waals surface area contributed by atoms with Crippen LogP contribution in [0, 0.1) is 0 Å². The zero-order chi connectivity index (χ0) is 38.1. The predicted molar refractivity (Wildman–Crippen MR) is 210 cm³/mol. The molecule has 6 rings (SSSR count). The molecule has 6 aromatic carbocycles. The molecule has 0 atom stereocenters. The van der Waals surface area contributed by atoms with Gasteiger partial charge in [-0.1, -0.05) is 47.5 Å². The second-order valence-corrected chi connectivity index (χ2v) is 14.7. The quantitative estimate of drug-likeness (QED) is 0.0401. The number of azo groups is 3. The van der Waals surface area contributed by atoms with E-state index < -0.39 is 58.2 Å². The maximum atomic E-state index is 12.6. The van der Waals surface area contributed by atoms with Crippen molar-refractivity contribution in [2.45, 2.75) is 9.79 Å². The third-order valence-electron chi connectivity index (χ3n) is 7.49. The average Bonchev–Trinajstić information content (AvgIpc) is 3.11. The number of halogens is 2. The van der Waals surface area contributed by atoms with E-state index in [2.05, 4.69) is 30.7 Å². The van der Waals surface area contributed by atoms with E-state index in [1.54, 1.807) is 48.5 Å². The van der Waals surface area contributed by atoms with Gasteiger partial charge in [0.25, 0.3) is 20.2 Å². The molecule has 0 aromatic heterocycles. The van der Waals surface area contributed by atoms with Crippen molar-refractivity contribution in [3.8, 4) is 22.6 Å². The van der Waals surface area contributed by atoms with Gasteiger partial charge in [-0.05, 0) is 90.0 Å². The topological polar surface area (TPSA) is 249 Å². The Labute approximate surface area is 367 Å². The minimum absolute atomic E-state index is 0. The Morgan fingerprint density at radius 3 is 1.51 bits per heavy atom. The first-order valence-corrected chi connectivity index (χ1v) is 18.5. The van der Waals surface area contributed by atoms with Gasteiger partial charge >= 0.3 is 0 Å². The number of anilines is 1. The smallest absolute Gasteiger partial charge is 0.296 e. The molecule has 0 amide bonds. The summed E-state index contributed by atoms with van der Waals surface area (Å²) in [7, 11) is -10.3. The standard InChI is InChI=1S/C34H23Cl2N7O8S2.2Na/c35-20-5-14-26(36)28(15-20)41-42-32-25-16-29(52(46,47)48)33(34(45)31(25)27(37)17-30(32)53(49,50)51)43-40-22-8-3-19(4-9-22)18-1-6-21(7-2-18)38-39-23-10-12-24(44)13-11-23;;/h1-17,44-45H,37H2,(H,46,47,48)(H,49,50,51);;. The first kappa shape index (κ1) is 43.9. The van der Waals surface area contributed by atoms with Crippen LogP contribution in [0.1, 0.15) is 0 Å². The molecule has 0 bridgehead atoms. The zero-order valence-electron chi connectivity index (χ0n) is 28.6. The molecule has 0 spiro atoms. The van der Waals surface area contributed by atoms with Crippen molar-refractivity contribution in [3.05, 3.63) is 113 Å². The molecule has 270 valence electrons. The zero-order valence-corrected chi connectivity index (χ0v) is 35.7. The van der Waals surface area contributed by atoms with Gasteiger partial charge in [0.05, 0.1) is 27.5 Å². The number of nitrogens with zero attached hydrogens (tertiary/aromatic N) is 6. The fourth-order valence-electron chi connectivity index (χ4n) is 4.97. The van der Waals surface area contributed by atoms with Gasteiger partial charge in [0.1, 0.15) is 32.6 Å². The van der Waals surface area contributed by atoms with Crippen LogP contribution in [0.2, 0.25) is 10.0 Å². The maximum Gasteiger partial charge on any atom is 0.296 e. The van der Waals surface area contributed by atoms with E-state index in [9.17, 15) is 36.2 Å². The summed E-state index contributed by atoms with van der Waals surface area (Å²) in [6.07, 6.45) is 0. The van der Waals surface area contributed by atoms with Crippen LogP contribution in [-0.2, 0) is 20.2 Å². The number of nitrogens with two attached hydrogens (primary N) is 1. The van der Waals surface area contributed by atoms with Gasteiger partial charge in [-0.3, -0.25) is 9.11 Å². The summed E-state index contributed by atoms with van der Waals surface area (Å²) in [6.45, 7) is 0. The molecule has 6 N–H and O–H groups in total. The molecule has 0 saturated carbocycles. The van der Waals surface area contributed by atoms with Gasteiger partial charge in [-0.15, -0.1) is 15.3 Å². The molecule has 0 heterocycles. The van der Waals surface area contributed by atoms with Crippen LogP contribution >= 0.6 is 23.2 Å². The molecule has 21 heteroatoms. The second kappa shape index (κ2) is 18.0. The molecule has 55 heavy (non-hydrogen) atoms. The van der Waals surface area contributed by atoms with E-state index in [4.69, 9.17) is 28.9 Å². The molecular weight excluding hydrogens is 815 g/mol. The van der Waals surface area contributed by atoms with E-state index in [1.165, 1.54) is 30.3 Å². The van der Waals surface area contributed by atoms with Crippen LogP contribution in [0.25, 0.3) is 21.9 Å². The van der Waals surface area contributed by atoms with Gasteiger partial charge in [0, 0.05) is 75.2 Å². The molecule has 15 nitrogen and oxygen atoms in total. The van der Waals surface area contributed by atoms with Crippen LogP contribution in [0.5, 0.6) is 11.5 Å². The van der Waals surface area contributed by atoms with E-state index in [-0.39, 0.29) is 91.7 Å². The monoisotopic (exact) mass is 837 g/mol. The Balaban J connectivity index is 0.00000336. The van der Waals surface area contributed by atoms with Gasteiger partial charge in [-0.2, -0.15) is 32.2 Å². The van der Waals surface area contributed by atoms with Crippen molar-refractivity contribution in [1.82, 2.24) is 0 Å². The summed E-state index contributed by atoms with van der Waals surface area (Å²) in [5.41, 5.74) is 7.24. The molecule has 6 aromatic rings. The Hall–Kier alpha value is -3.82. The van der Waals surface area contributed by atoms with Crippen molar-refractivity contribution in [3.63, 3.8) is 0 Å². The van der Waals surface area contributed by atoms with E-state index in [1.807, 2.05) is 12.1 Å². The van der Waals surface area contributed by atoms with Gasteiger partial charge < -0.3 is 15.9 Å². The molecule has 2 radical (unpaired) electrons. The molecule has 0 saturated heterocycles. The van der Waals surface area contributed by atoms with Crippen molar-refractivity contribution in [2.24, 2.45) is 30.7 Å². The average molecular weight is 839 g/mol. The van der Waals surface area contributed by atoms with Crippen LogP contribution in [0.15, 0.2) is 144 Å². The molecular formula is C34H23Cl2N7Na2O8S2. The maximum absolute atomic E-state index is 12.6. The number of hydrogen-bond donors (Lipinski definition) is 5. The van der Waals surface area contributed by atoms with E-state index in [0.29, 0.717) is 11.4 Å². The third-order valence-corrected chi connectivity index (χ3v) is 9.78. The summed E-state index contributed by atoms with van der Waals surface area (Å²) >= 11 is 12.1. The summed E-state index contributed by atoms with van der Waals surface area (Å²) in [4.78, 5) is -1.89. The Bertz CT molecular complexity index is 2720. The summed E-state index contributed by atoms with van der Waals surface area (Å²) < 4.78 is 70.0. The van der Waals surface area contributed by atoms with Crippen molar-refractivity contribution in [1.29, 1.82) is 0 Å². The number of phenolic OH excluding ortho intramolecular Hbond substituents is 2. The normalized spacial score (nSPS) is 12.0. The minimum atomic E-state index is -5.18. The Morgan fingerprint density at radius 2 is 1.00 bits per heavy atom. The van der Waals surface area contributed by atoms with Crippen LogP contribution in [0.4, 0.5) is 39.8 Å². The van der Waals surface area contributed by atoms with Gasteiger partial charge in [0.2, 0.25) is 0 Å². The Kier molecular flexibility index (Phi) is 14.3. The molecule has 0 fully saturated rings.